The molecule has 0 aliphatic carbocycles. The van der Waals surface area contributed by atoms with Gasteiger partial charge in [-0.15, -0.1) is 0 Å². The molecule has 0 bridgehead atoms. The summed E-state index contributed by atoms with van der Waals surface area (Å²) in [5, 5.41) is 0. The lowest BCUT2D eigenvalue weighted by Gasteiger charge is -2.24. The van der Waals surface area contributed by atoms with Crippen LogP contribution in [0.1, 0.15) is 46.2 Å². The van der Waals surface area contributed by atoms with E-state index in [0.717, 1.165) is 42.1 Å². The number of ether oxygens (including phenoxy) is 1. The van der Waals surface area contributed by atoms with E-state index in [1.54, 1.807) is 31.6 Å². The average Bonchev–Trinajstić information content (AvgIpc) is 3.24. The van der Waals surface area contributed by atoms with Crippen molar-refractivity contribution in [3.63, 3.8) is 0 Å². The monoisotopic (exact) mass is 373 g/mol. The van der Waals surface area contributed by atoms with E-state index in [9.17, 15) is 4.79 Å². The summed E-state index contributed by atoms with van der Waals surface area (Å²) in [6.45, 7) is 0.754. The zero-order chi connectivity index (χ0) is 19.3. The largest absolute Gasteiger partial charge is 0.496 e. The van der Waals surface area contributed by atoms with Gasteiger partial charge in [0.1, 0.15) is 5.75 Å². The topological polar surface area (TPSA) is 55.3 Å². The van der Waals surface area contributed by atoms with Gasteiger partial charge in [-0.3, -0.25) is 14.8 Å². The molecule has 1 saturated heterocycles. The van der Waals surface area contributed by atoms with E-state index >= 15 is 0 Å². The lowest BCUT2D eigenvalue weighted by atomic mass is 10.1. The van der Waals surface area contributed by atoms with Crippen LogP contribution in [-0.2, 0) is 6.42 Å². The molecule has 142 valence electrons. The number of benzene rings is 1. The van der Waals surface area contributed by atoms with Crippen molar-refractivity contribution in [2.24, 2.45) is 0 Å². The summed E-state index contributed by atoms with van der Waals surface area (Å²) in [5.74, 6) is 0.909. The fourth-order valence-corrected chi connectivity index (χ4v) is 3.80. The molecule has 28 heavy (non-hydrogen) atoms. The average molecular weight is 373 g/mol. The van der Waals surface area contributed by atoms with Crippen molar-refractivity contribution in [1.29, 1.82) is 0 Å². The molecule has 2 aromatic heterocycles. The molecule has 1 unspecified atom stereocenters. The van der Waals surface area contributed by atoms with Crippen LogP contribution in [0.2, 0.25) is 0 Å². The number of para-hydroxylation sites is 1. The molecule has 5 heteroatoms. The van der Waals surface area contributed by atoms with Gasteiger partial charge in [0.25, 0.3) is 5.91 Å². The number of aromatic nitrogens is 2. The fraction of sp³-hybridized carbons (Fsp3) is 0.261. The molecule has 0 radical (unpaired) electrons. The molecule has 1 aromatic carbocycles. The number of rotatable bonds is 5. The van der Waals surface area contributed by atoms with Gasteiger partial charge in [0.15, 0.2) is 0 Å². The maximum absolute atomic E-state index is 12.9. The van der Waals surface area contributed by atoms with Gasteiger partial charge in [0, 0.05) is 42.2 Å². The third kappa shape index (κ3) is 3.74. The highest BCUT2D eigenvalue weighted by molar-refractivity contribution is 5.94. The number of methoxy groups -OCH3 is 1. The van der Waals surface area contributed by atoms with E-state index in [0.29, 0.717) is 12.0 Å². The van der Waals surface area contributed by atoms with Crippen LogP contribution in [0.25, 0.3) is 0 Å². The molecule has 0 spiro atoms. The molecule has 1 fully saturated rings. The first kappa shape index (κ1) is 18.2. The van der Waals surface area contributed by atoms with Crippen LogP contribution >= 0.6 is 0 Å². The molecular formula is C23H23N3O2. The number of amides is 1. The molecule has 0 N–H and O–H groups in total. The molecule has 5 nitrogen and oxygen atoms in total. The second-order valence-corrected chi connectivity index (χ2v) is 6.93. The van der Waals surface area contributed by atoms with E-state index in [-0.39, 0.29) is 11.9 Å². The first-order chi connectivity index (χ1) is 13.8. The summed E-state index contributed by atoms with van der Waals surface area (Å²) in [6.07, 6.45) is 5.93. The second-order valence-electron chi connectivity index (χ2n) is 6.93. The number of carbonyl (C=O) groups excluding carboxylic acids is 1. The van der Waals surface area contributed by atoms with Crippen LogP contribution in [0.15, 0.2) is 67.0 Å². The predicted molar refractivity (Wildman–Crippen MR) is 107 cm³/mol. The summed E-state index contributed by atoms with van der Waals surface area (Å²) < 4.78 is 5.46. The van der Waals surface area contributed by atoms with Gasteiger partial charge < -0.3 is 9.64 Å². The minimum Gasteiger partial charge on any atom is -0.496 e. The Labute approximate surface area is 165 Å². The first-order valence-corrected chi connectivity index (χ1v) is 9.55. The Morgan fingerprint density at radius 2 is 1.93 bits per heavy atom. The van der Waals surface area contributed by atoms with E-state index in [1.807, 2.05) is 41.3 Å². The lowest BCUT2D eigenvalue weighted by molar-refractivity contribution is 0.0732. The minimum absolute atomic E-state index is 0.0123. The molecule has 3 aromatic rings. The highest BCUT2D eigenvalue weighted by atomic mass is 16.5. The van der Waals surface area contributed by atoms with Crippen LogP contribution in [0, 0.1) is 0 Å². The Bertz CT molecular complexity index is 959. The highest BCUT2D eigenvalue weighted by Crippen LogP contribution is 2.32. The van der Waals surface area contributed by atoms with E-state index < -0.39 is 0 Å². The Morgan fingerprint density at radius 3 is 2.75 bits per heavy atom. The number of hydrogen-bond acceptors (Lipinski definition) is 4. The summed E-state index contributed by atoms with van der Waals surface area (Å²) in [4.78, 5) is 23.8. The second kappa shape index (κ2) is 8.21. The molecule has 1 aliphatic heterocycles. The minimum atomic E-state index is 0.0123. The standard InChI is InChI=1S/C23H23N3O2/c1-28-22-10-3-2-6-18(22)16-19-7-4-8-20(25-19)21-9-5-15-26(21)23(27)17-11-13-24-14-12-17/h2-4,6-8,10-14,21H,5,9,15-16H2,1H3. The Hall–Kier alpha value is -3.21. The van der Waals surface area contributed by atoms with E-state index in [2.05, 4.69) is 11.1 Å². The highest BCUT2D eigenvalue weighted by Gasteiger charge is 2.31. The molecule has 1 amide bonds. The van der Waals surface area contributed by atoms with Crippen LogP contribution in [0.4, 0.5) is 0 Å². The van der Waals surface area contributed by atoms with Crippen LogP contribution in [0.3, 0.4) is 0 Å². The van der Waals surface area contributed by atoms with Crippen LogP contribution in [0.5, 0.6) is 5.75 Å². The maximum Gasteiger partial charge on any atom is 0.254 e. The van der Waals surface area contributed by atoms with Gasteiger partial charge in [-0.05, 0) is 43.2 Å². The molecular weight excluding hydrogens is 350 g/mol. The van der Waals surface area contributed by atoms with Crippen LogP contribution < -0.4 is 4.74 Å². The zero-order valence-electron chi connectivity index (χ0n) is 15.9. The van der Waals surface area contributed by atoms with Gasteiger partial charge in [-0.1, -0.05) is 24.3 Å². The maximum atomic E-state index is 12.9. The summed E-state index contributed by atoms with van der Waals surface area (Å²) in [5.41, 5.74) is 3.70. The number of likely N-dealkylation sites (tertiary alicyclic amines) is 1. The van der Waals surface area contributed by atoms with Crippen molar-refractivity contribution >= 4 is 5.91 Å². The van der Waals surface area contributed by atoms with E-state index in [1.165, 1.54) is 0 Å². The molecule has 1 atom stereocenters. The van der Waals surface area contributed by atoms with Gasteiger partial charge in [0.2, 0.25) is 0 Å². The Kier molecular flexibility index (Phi) is 5.33. The Morgan fingerprint density at radius 1 is 1.11 bits per heavy atom. The number of nitrogens with zero attached hydrogens (tertiary/aromatic N) is 3. The number of pyridine rings is 2. The van der Waals surface area contributed by atoms with Gasteiger partial charge >= 0.3 is 0 Å². The molecule has 4 rings (SSSR count). The summed E-state index contributed by atoms with van der Waals surface area (Å²) in [6, 6.07) is 17.6. The Balaban J connectivity index is 1.57. The van der Waals surface area contributed by atoms with Gasteiger partial charge in [0.05, 0.1) is 18.8 Å². The first-order valence-electron chi connectivity index (χ1n) is 9.55. The van der Waals surface area contributed by atoms with Crippen molar-refractivity contribution in [2.75, 3.05) is 13.7 Å². The molecule has 1 aliphatic rings. The van der Waals surface area contributed by atoms with Crippen LogP contribution in [-0.4, -0.2) is 34.4 Å². The van der Waals surface area contributed by atoms with E-state index in [4.69, 9.17) is 9.72 Å². The summed E-state index contributed by atoms with van der Waals surface area (Å²) >= 11 is 0. The SMILES string of the molecule is COc1ccccc1Cc1cccc(C2CCCN2C(=O)c2ccncc2)n1. The number of hydrogen-bond donors (Lipinski definition) is 0. The molecule has 0 saturated carbocycles. The number of carbonyl (C=O) groups is 1. The van der Waals surface area contributed by atoms with Crippen molar-refractivity contribution < 1.29 is 9.53 Å². The summed E-state index contributed by atoms with van der Waals surface area (Å²) in [7, 11) is 1.68. The zero-order valence-corrected chi connectivity index (χ0v) is 15.9. The third-order valence-electron chi connectivity index (χ3n) is 5.17. The lowest BCUT2D eigenvalue weighted by Crippen LogP contribution is -2.31. The van der Waals surface area contributed by atoms with Crippen molar-refractivity contribution in [3.05, 3.63) is 89.5 Å². The van der Waals surface area contributed by atoms with Crippen molar-refractivity contribution in [3.8, 4) is 5.75 Å². The predicted octanol–water partition coefficient (Wildman–Crippen LogP) is 4.05. The third-order valence-corrected chi connectivity index (χ3v) is 5.17. The quantitative estimate of drug-likeness (QED) is 0.677. The van der Waals surface area contributed by atoms with Gasteiger partial charge in [-0.2, -0.15) is 0 Å². The fourth-order valence-electron chi connectivity index (χ4n) is 3.80. The van der Waals surface area contributed by atoms with Crippen molar-refractivity contribution in [2.45, 2.75) is 25.3 Å². The normalized spacial score (nSPS) is 16.2. The smallest absolute Gasteiger partial charge is 0.254 e. The molecule has 3 heterocycles. The van der Waals surface area contributed by atoms with Crippen molar-refractivity contribution in [1.82, 2.24) is 14.9 Å². The van der Waals surface area contributed by atoms with Gasteiger partial charge in [-0.25, -0.2) is 0 Å².